The van der Waals surface area contributed by atoms with Gasteiger partial charge < -0.3 is 15.2 Å². The lowest BCUT2D eigenvalue weighted by molar-refractivity contribution is -0.138. The Balaban J connectivity index is 1.91. The Morgan fingerprint density at radius 2 is 2.22 bits per heavy atom. The van der Waals surface area contributed by atoms with Crippen molar-refractivity contribution in [2.45, 2.75) is 19.5 Å². The summed E-state index contributed by atoms with van der Waals surface area (Å²) in [5.41, 5.74) is 1.14. The Bertz CT molecular complexity index is 717. The SMILES string of the molecule is COc1ccc(Cl)cc1CC(=O)NCc1cn(CC(=O)O)nn1. The molecule has 0 fully saturated rings. The minimum Gasteiger partial charge on any atom is -0.496 e. The van der Waals surface area contributed by atoms with Gasteiger partial charge in [0.25, 0.3) is 0 Å². The maximum atomic E-state index is 12.0. The zero-order chi connectivity index (χ0) is 16.8. The van der Waals surface area contributed by atoms with Gasteiger partial charge in [0.05, 0.1) is 26.3 Å². The summed E-state index contributed by atoms with van der Waals surface area (Å²) in [4.78, 5) is 22.5. The molecule has 1 amide bonds. The van der Waals surface area contributed by atoms with Gasteiger partial charge in [0.15, 0.2) is 0 Å². The second kappa shape index (κ2) is 7.59. The van der Waals surface area contributed by atoms with Crippen LogP contribution in [0.15, 0.2) is 24.4 Å². The molecule has 9 heteroatoms. The van der Waals surface area contributed by atoms with Crippen molar-refractivity contribution in [1.82, 2.24) is 20.3 Å². The van der Waals surface area contributed by atoms with E-state index in [1.807, 2.05) is 0 Å². The fourth-order valence-electron chi connectivity index (χ4n) is 1.95. The second-order valence-corrected chi connectivity index (χ2v) is 5.15. The number of carboxylic acid groups (broad SMARTS) is 1. The highest BCUT2D eigenvalue weighted by Gasteiger charge is 2.11. The molecule has 1 aromatic heterocycles. The zero-order valence-electron chi connectivity index (χ0n) is 12.3. The molecule has 0 unspecified atom stereocenters. The van der Waals surface area contributed by atoms with Crippen molar-refractivity contribution in [3.05, 3.63) is 40.7 Å². The number of carbonyl (C=O) groups is 2. The molecule has 23 heavy (non-hydrogen) atoms. The van der Waals surface area contributed by atoms with Gasteiger partial charge in [-0.25, -0.2) is 4.68 Å². The summed E-state index contributed by atoms with van der Waals surface area (Å²) in [6.45, 7) is -0.123. The molecule has 0 aliphatic heterocycles. The average Bonchev–Trinajstić information content (AvgIpc) is 2.92. The molecule has 0 aliphatic rings. The molecule has 0 atom stereocenters. The first-order valence-electron chi connectivity index (χ1n) is 6.68. The van der Waals surface area contributed by atoms with Gasteiger partial charge in [-0.2, -0.15) is 0 Å². The Morgan fingerprint density at radius 3 is 2.91 bits per heavy atom. The number of halogens is 1. The molecule has 8 nitrogen and oxygen atoms in total. The Kier molecular flexibility index (Phi) is 5.53. The summed E-state index contributed by atoms with van der Waals surface area (Å²) < 4.78 is 6.37. The molecule has 2 N–H and O–H groups in total. The summed E-state index contributed by atoms with van der Waals surface area (Å²) >= 11 is 5.92. The molecule has 1 aromatic carbocycles. The summed E-state index contributed by atoms with van der Waals surface area (Å²) in [6, 6.07) is 5.05. The topological polar surface area (TPSA) is 106 Å². The third-order valence-electron chi connectivity index (χ3n) is 2.94. The van der Waals surface area contributed by atoms with E-state index in [9.17, 15) is 9.59 Å². The molecule has 1 heterocycles. The average molecular weight is 339 g/mol. The second-order valence-electron chi connectivity index (χ2n) is 4.71. The van der Waals surface area contributed by atoms with Crippen LogP contribution in [0.1, 0.15) is 11.3 Å². The first kappa shape index (κ1) is 16.8. The molecular formula is C14H15ClN4O4. The van der Waals surface area contributed by atoms with Crippen LogP contribution in [-0.4, -0.2) is 39.1 Å². The van der Waals surface area contributed by atoms with Crippen LogP contribution in [0.2, 0.25) is 5.02 Å². The van der Waals surface area contributed by atoms with Crippen molar-refractivity contribution in [2.24, 2.45) is 0 Å². The molecule has 2 aromatic rings. The molecule has 122 valence electrons. The van der Waals surface area contributed by atoms with Crippen molar-refractivity contribution >= 4 is 23.5 Å². The van der Waals surface area contributed by atoms with Gasteiger partial charge in [-0.3, -0.25) is 9.59 Å². The Hall–Kier alpha value is -2.61. The first-order valence-corrected chi connectivity index (χ1v) is 7.05. The van der Waals surface area contributed by atoms with E-state index in [1.54, 1.807) is 18.2 Å². The fraction of sp³-hybridized carbons (Fsp3) is 0.286. The van der Waals surface area contributed by atoms with E-state index in [4.69, 9.17) is 21.4 Å². The van der Waals surface area contributed by atoms with E-state index in [0.29, 0.717) is 22.0 Å². The molecule has 0 saturated carbocycles. The van der Waals surface area contributed by atoms with Crippen LogP contribution in [0.25, 0.3) is 0 Å². The minimum absolute atomic E-state index is 0.104. The number of amides is 1. The van der Waals surface area contributed by atoms with Crippen LogP contribution in [0.4, 0.5) is 0 Å². The maximum Gasteiger partial charge on any atom is 0.325 e. The monoisotopic (exact) mass is 338 g/mol. The number of methoxy groups -OCH3 is 1. The number of carbonyl (C=O) groups excluding carboxylic acids is 1. The lowest BCUT2D eigenvalue weighted by Crippen LogP contribution is -2.25. The largest absolute Gasteiger partial charge is 0.496 e. The predicted octanol–water partition coefficient (Wildman–Crippen LogP) is 0.884. The summed E-state index contributed by atoms with van der Waals surface area (Å²) in [5.74, 6) is -0.672. The molecular weight excluding hydrogens is 324 g/mol. The Labute approximate surface area is 137 Å². The predicted molar refractivity (Wildman–Crippen MR) is 81.2 cm³/mol. The van der Waals surface area contributed by atoms with Gasteiger partial charge in [-0.05, 0) is 18.2 Å². The van der Waals surface area contributed by atoms with E-state index in [2.05, 4.69) is 15.6 Å². The number of carboxylic acids is 1. The molecule has 2 rings (SSSR count). The number of nitrogens with one attached hydrogen (secondary N) is 1. The normalized spacial score (nSPS) is 10.3. The van der Waals surface area contributed by atoms with Crippen molar-refractivity contribution in [3.8, 4) is 5.75 Å². The van der Waals surface area contributed by atoms with Crippen molar-refractivity contribution in [1.29, 1.82) is 0 Å². The van der Waals surface area contributed by atoms with Crippen LogP contribution in [0.5, 0.6) is 5.75 Å². The molecule has 0 saturated heterocycles. The molecule has 0 radical (unpaired) electrons. The van der Waals surface area contributed by atoms with Crippen molar-refractivity contribution in [3.63, 3.8) is 0 Å². The van der Waals surface area contributed by atoms with Crippen molar-refractivity contribution < 1.29 is 19.4 Å². The van der Waals surface area contributed by atoms with Gasteiger partial charge in [-0.1, -0.05) is 16.8 Å². The first-order chi connectivity index (χ1) is 11.0. The minimum atomic E-state index is -1.02. The molecule has 0 spiro atoms. The number of hydrogen-bond acceptors (Lipinski definition) is 5. The Morgan fingerprint density at radius 1 is 1.43 bits per heavy atom. The van der Waals surface area contributed by atoms with Gasteiger partial charge in [0.2, 0.25) is 5.91 Å². The number of rotatable bonds is 7. The van der Waals surface area contributed by atoms with Crippen LogP contribution >= 0.6 is 11.6 Å². The lowest BCUT2D eigenvalue weighted by Gasteiger charge is -2.09. The highest BCUT2D eigenvalue weighted by molar-refractivity contribution is 6.30. The maximum absolute atomic E-state index is 12.0. The summed E-state index contributed by atoms with van der Waals surface area (Å²) in [5, 5.41) is 19.3. The van der Waals surface area contributed by atoms with E-state index in [-0.39, 0.29) is 25.4 Å². The number of aliphatic carboxylic acids is 1. The van der Waals surface area contributed by atoms with E-state index >= 15 is 0 Å². The van der Waals surface area contributed by atoms with Crippen LogP contribution in [-0.2, 0) is 29.1 Å². The summed E-state index contributed by atoms with van der Waals surface area (Å²) in [7, 11) is 1.52. The van der Waals surface area contributed by atoms with E-state index in [0.717, 1.165) is 0 Å². The molecule has 0 bridgehead atoms. The highest BCUT2D eigenvalue weighted by Crippen LogP contribution is 2.22. The van der Waals surface area contributed by atoms with Gasteiger partial charge in [-0.15, -0.1) is 5.10 Å². The third kappa shape index (κ3) is 4.96. The quantitative estimate of drug-likeness (QED) is 0.776. The number of ether oxygens (including phenoxy) is 1. The van der Waals surface area contributed by atoms with E-state index < -0.39 is 5.97 Å². The third-order valence-corrected chi connectivity index (χ3v) is 3.18. The highest BCUT2D eigenvalue weighted by atomic mass is 35.5. The van der Waals surface area contributed by atoms with E-state index in [1.165, 1.54) is 18.0 Å². The fourth-order valence-corrected chi connectivity index (χ4v) is 2.14. The smallest absolute Gasteiger partial charge is 0.325 e. The standard InChI is InChI=1S/C14H15ClN4O4/c1-23-12-3-2-10(15)4-9(12)5-13(20)16-6-11-7-19(18-17-11)8-14(21)22/h2-4,7H,5-6,8H2,1H3,(H,16,20)(H,21,22). The summed E-state index contributed by atoms with van der Waals surface area (Å²) in [6.07, 6.45) is 1.57. The lowest BCUT2D eigenvalue weighted by atomic mass is 10.1. The number of nitrogens with zero attached hydrogens (tertiary/aromatic N) is 3. The number of benzene rings is 1. The van der Waals surface area contributed by atoms with Crippen LogP contribution in [0, 0.1) is 0 Å². The molecule has 0 aliphatic carbocycles. The zero-order valence-corrected chi connectivity index (χ0v) is 13.1. The van der Waals surface area contributed by atoms with Crippen molar-refractivity contribution in [2.75, 3.05) is 7.11 Å². The van der Waals surface area contributed by atoms with Gasteiger partial charge in [0, 0.05) is 10.6 Å². The number of aromatic nitrogens is 3. The van der Waals surface area contributed by atoms with Gasteiger partial charge >= 0.3 is 5.97 Å². The number of hydrogen-bond donors (Lipinski definition) is 2. The van der Waals surface area contributed by atoms with Gasteiger partial charge in [0.1, 0.15) is 18.0 Å². The van der Waals surface area contributed by atoms with Crippen LogP contribution < -0.4 is 10.1 Å². The van der Waals surface area contributed by atoms with Crippen LogP contribution in [0.3, 0.4) is 0 Å².